The zero-order valence-electron chi connectivity index (χ0n) is 18.3. The number of Topliss-reactive ketones (excluding diaryl/α,β-unsaturated/α-hetero) is 2. The fourth-order valence-corrected chi connectivity index (χ4v) is 5.94. The Morgan fingerprint density at radius 2 is 1.86 bits per heavy atom. The molecule has 0 bridgehead atoms. The molecule has 6 nitrogen and oxygen atoms in total. The minimum Gasteiger partial charge on any atom is -0.507 e. The van der Waals surface area contributed by atoms with E-state index in [2.05, 4.69) is 20.8 Å². The molecule has 0 radical (unpaired) electrons. The summed E-state index contributed by atoms with van der Waals surface area (Å²) in [6.07, 6.45) is 3.07. The van der Waals surface area contributed by atoms with E-state index in [1.807, 2.05) is 0 Å². The number of ketones is 2. The van der Waals surface area contributed by atoms with Gasteiger partial charge in [-0.15, -0.1) is 0 Å². The van der Waals surface area contributed by atoms with Crippen LogP contribution in [0.3, 0.4) is 0 Å². The molecule has 0 amide bonds. The molecule has 0 spiro atoms. The molecule has 0 heterocycles. The Morgan fingerprint density at radius 1 is 1.21 bits per heavy atom. The first-order chi connectivity index (χ1) is 13.5. The summed E-state index contributed by atoms with van der Waals surface area (Å²) in [6, 6.07) is 0. The molecule has 0 aliphatic heterocycles. The molecule has 3 rings (SSSR count). The zero-order valence-corrected chi connectivity index (χ0v) is 18.3. The maximum atomic E-state index is 13.4. The highest BCUT2D eigenvalue weighted by molar-refractivity contribution is 6.50. The van der Waals surface area contributed by atoms with E-state index in [1.165, 1.54) is 6.92 Å². The van der Waals surface area contributed by atoms with Crippen LogP contribution < -0.4 is 0 Å². The third-order valence-corrected chi connectivity index (χ3v) is 7.34. The number of hydrogen-bond donors (Lipinski definition) is 1. The highest BCUT2D eigenvalue weighted by Gasteiger charge is 2.58. The van der Waals surface area contributed by atoms with Crippen molar-refractivity contribution in [2.45, 2.75) is 66.4 Å². The van der Waals surface area contributed by atoms with E-state index in [1.54, 1.807) is 14.0 Å². The lowest BCUT2D eigenvalue weighted by molar-refractivity contribution is -0.142. The zero-order chi connectivity index (χ0) is 21.7. The number of ether oxygens (including phenoxy) is 2. The highest BCUT2D eigenvalue weighted by atomic mass is 16.5. The summed E-state index contributed by atoms with van der Waals surface area (Å²) in [4.78, 5) is 37.6. The van der Waals surface area contributed by atoms with E-state index in [0.29, 0.717) is 17.6 Å². The largest absolute Gasteiger partial charge is 0.507 e. The van der Waals surface area contributed by atoms with Crippen LogP contribution in [-0.2, 0) is 23.9 Å². The predicted octanol–water partition coefficient (Wildman–Crippen LogP) is 3.70. The third kappa shape index (κ3) is 3.35. The number of rotatable bonds is 4. The lowest BCUT2D eigenvalue weighted by Crippen LogP contribution is -2.53. The molecular formula is C23H32O6. The summed E-state index contributed by atoms with van der Waals surface area (Å²) in [5.41, 5.74) is 0.442. The van der Waals surface area contributed by atoms with Crippen LogP contribution in [0, 0.1) is 22.7 Å². The van der Waals surface area contributed by atoms with E-state index in [0.717, 1.165) is 19.3 Å². The van der Waals surface area contributed by atoms with Crippen molar-refractivity contribution in [2.75, 3.05) is 13.7 Å². The number of esters is 1. The van der Waals surface area contributed by atoms with Crippen molar-refractivity contribution in [3.8, 4) is 0 Å². The van der Waals surface area contributed by atoms with Crippen LogP contribution in [0.4, 0.5) is 0 Å². The average Bonchev–Trinajstić information content (AvgIpc) is 2.63. The average molecular weight is 405 g/mol. The number of aliphatic hydroxyl groups is 1. The van der Waals surface area contributed by atoms with Gasteiger partial charge in [0.2, 0.25) is 11.6 Å². The summed E-state index contributed by atoms with van der Waals surface area (Å²) in [5.74, 6) is -2.29. The van der Waals surface area contributed by atoms with Gasteiger partial charge in [-0.3, -0.25) is 14.4 Å². The van der Waals surface area contributed by atoms with Crippen LogP contribution in [0.15, 0.2) is 22.5 Å². The Hall–Kier alpha value is -1.95. The van der Waals surface area contributed by atoms with Gasteiger partial charge in [0.05, 0.1) is 18.3 Å². The molecule has 1 N–H and O–H groups in total. The number of methoxy groups -OCH3 is 1. The Labute approximate surface area is 172 Å². The van der Waals surface area contributed by atoms with Crippen LogP contribution in [0.25, 0.3) is 0 Å². The smallest absolute Gasteiger partial charge is 0.302 e. The summed E-state index contributed by atoms with van der Waals surface area (Å²) in [5, 5.41) is 11.2. The van der Waals surface area contributed by atoms with Gasteiger partial charge < -0.3 is 14.6 Å². The van der Waals surface area contributed by atoms with Crippen LogP contribution in [0.1, 0.15) is 60.3 Å². The molecule has 4 atom stereocenters. The molecule has 1 fully saturated rings. The monoisotopic (exact) mass is 404 g/mol. The minimum absolute atomic E-state index is 0.00780. The normalized spacial score (nSPS) is 32.6. The van der Waals surface area contributed by atoms with Crippen molar-refractivity contribution in [3.05, 3.63) is 22.5 Å². The molecule has 0 aromatic heterocycles. The van der Waals surface area contributed by atoms with Crippen LogP contribution in [0.5, 0.6) is 0 Å². The van der Waals surface area contributed by atoms with E-state index in [9.17, 15) is 19.5 Å². The van der Waals surface area contributed by atoms with Gasteiger partial charge in [0, 0.05) is 36.5 Å². The summed E-state index contributed by atoms with van der Waals surface area (Å²) >= 11 is 0. The fraction of sp³-hybridized carbons (Fsp3) is 0.696. The van der Waals surface area contributed by atoms with Crippen LogP contribution >= 0.6 is 0 Å². The number of carbonyl (C=O) groups is 3. The maximum absolute atomic E-state index is 13.4. The first-order valence-electron chi connectivity index (χ1n) is 10.4. The molecule has 0 aromatic rings. The number of carbonyl (C=O) groups excluding carboxylic acids is 3. The molecule has 0 aromatic carbocycles. The summed E-state index contributed by atoms with van der Waals surface area (Å²) < 4.78 is 10.7. The van der Waals surface area contributed by atoms with E-state index >= 15 is 0 Å². The Kier molecular flexibility index (Phi) is 5.54. The summed E-state index contributed by atoms with van der Waals surface area (Å²) in [6.45, 7) is 9.37. The number of fused-ring (bicyclic) bond motifs is 2. The number of hydrogen-bond acceptors (Lipinski definition) is 6. The maximum Gasteiger partial charge on any atom is 0.302 e. The van der Waals surface area contributed by atoms with Gasteiger partial charge in [-0.2, -0.15) is 0 Å². The molecule has 0 saturated heterocycles. The van der Waals surface area contributed by atoms with Gasteiger partial charge in [0.25, 0.3) is 0 Å². The first kappa shape index (κ1) is 21.8. The second kappa shape index (κ2) is 7.38. The second-order valence-electron chi connectivity index (χ2n) is 9.69. The van der Waals surface area contributed by atoms with Gasteiger partial charge in [0.1, 0.15) is 5.76 Å². The van der Waals surface area contributed by atoms with E-state index in [4.69, 9.17) is 9.47 Å². The van der Waals surface area contributed by atoms with Crippen molar-refractivity contribution < 1.29 is 29.0 Å². The third-order valence-electron chi connectivity index (χ3n) is 7.34. The Bertz CT molecular complexity index is 817. The molecular weight excluding hydrogens is 372 g/mol. The van der Waals surface area contributed by atoms with Gasteiger partial charge in [-0.05, 0) is 30.6 Å². The van der Waals surface area contributed by atoms with E-state index < -0.39 is 35.0 Å². The predicted molar refractivity (Wildman–Crippen MR) is 107 cm³/mol. The van der Waals surface area contributed by atoms with Gasteiger partial charge >= 0.3 is 5.97 Å². The lowest BCUT2D eigenvalue weighted by atomic mass is 9.48. The second-order valence-corrected chi connectivity index (χ2v) is 9.69. The number of allylic oxidation sites excluding steroid dienone is 1. The van der Waals surface area contributed by atoms with Crippen molar-refractivity contribution in [2.24, 2.45) is 22.7 Å². The summed E-state index contributed by atoms with van der Waals surface area (Å²) in [7, 11) is 1.57. The van der Waals surface area contributed by atoms with Crippen LogP contribution in [-0.4, -0.2) is 42.5 Å². The fourth-order valence-electron chi connectivity index (χ4n) is 5.94. The molecule has 160 valence electrons. The first-order valence-corrected chi connectivity index (χ1v) is 10.4. The molecule has 6 heteroatoms. The lowest BCUT2D eigenvalue weighted by Gasteiger charge is -2.56. The van der Waals surface area contributed by atoms with Crippen molar-refractivity contribution >= 4 is 17.5 Å². The molecule has 3 aliphatic carbocycles. The molecule has 0 unspecified atom stereocenters. The van der Waals surface area contributed by atoms with Gasteiger partial charge in [-0.25, -0.2) is 0 Å². The van der Waals surface area contributed by atoms with Crippen molar-refractivity contribution in [1.29, 1.82) is 0 Å². The standard InChI is InChI=1S/C23H32O6/c1-12(11-29-13(2)24)16-19(25)17-14(28-6)10-15-22(3,4)8-7-9-23(15,5)18(17)21(27)20(16)26/h12,14-15,25H,7-11H2,1-6H3/t12-,14+,15-,23-/m0/s1. The van der Waals surface area contributed by atoms with Crippen LogP contribution in [0.2, 0.25) is 0 Å². The highest BCUT2D eigenvalue weighted by Crippen LogP contribution is 2.61. The Balaban J connectivity index is 2.17. The van der Waals surface area contributed by atoms with Crippen molar-refractivity contribution in [1.82, 2.24) is 0 Å². The van der Waals surface area contributed by atoms with E-state index in [-0.39, 0.29) is 29.3 Å². The van der Waals surface area contributed by atoms with Gasteiger partial charge in [0.15, 0.2) is 0 Å². The molecule has 29 heavy (non-hydrogen) atoms. The quantitative estimate of drug-likeness (QED) is 0.437. The number of aliphatic hydroxyl groups excluding tert-OH is 1. The minimum atomic E-state index is -0.694. The van der Waals surface area contributed by atoms with Crippen molar-refractivity contribution in [3.63, 3.8) is 0 Å². The SMILES string of the molecule is CO[C@@H]1C[C@H]2C(C)(C)CCC[C@]2(C)C2=C1C(O)=C([C@@H](C)COC(C)=O)C(=O)C2=O. The molecule has 1 saturated carbocycles. The topological polar surface area (TPSA) is 89.9 Å². The molecule has 3 aliphatic rings. The van der Waals surface area contributed by atoms with Gasteiger partial charge in [-0.1, -0.05) is 34.1 Å². The Morgan fingerprint density at radius 3 is 2.45 bits per heavy atom.